The maximum absolute atomic E-state index is 10.2. The van der Waals surface area contributed by atoms with Crippen molar-refractivity contribution in [3.05, 3.63) is 35.4 Å². The van der Waals surface area contributed by atoms with Gasteiger partial charge in [0, 0.05) is 0 Å². The molecule has 0 fully saturated rings. The molecule has 0 saturated carbocycles. The van der Waals surface area contributed by atoms with Crippen LogP contribution in [0.3, 0.4) is 0 Å². The molecule has 0 aliphatic rings. The summed E-state index contributed by atoms with van der Waals surface area (Å²) in [5.41, 5.74) is 1.23. The second kappa shape index (κ2) is 4.78. The average molecular weight is 197 g/mol. The number of benzene rings is 1. The fraction of sp³-hybridized carbons (Fsp3) is 0.125. The first kappa shape index (κ1) is 9.94. The van der Waals surface area contributed by atoms with E-state index in [1.165, 1.54) is 0 Å². The zero-order valence-corrected chi connectivity index (χ0v) is 7.73. The maximum atomic E-state index is 10.2. The summed E-state index contributed by atoms with van der Waals surface area (Å²) in [5.74, 6) is 0. The van der Waals surface area contributed by atoms with Crippen LogP contribution in [0.25, 0.3) is 0 Å². The lowest BCUT2D eigenvalue weighted by atomic mass is 10.1. The van der Waals surface area contributed by atoms with E-state index in [1.807, 2.05) is 6.07 Å². The Balaban J connectivity index is 2.68. The predicted octanol–water partition coefficient (Wildman–Crippen LogP) is 1.46. The SMILES string of the molecule is N#Cc1cccc(CO[PH](=O)O)c1. The van der Waals surface area contributed by atoms with Crippen LogP contribution in [-0.4, -0.2) is 4.89 Å². The normalized spacial score (nSPS) is 12.0. The molecule has 0 aromatic heterocycles. The van der Waals surface area contributed by atoms with E-state index in [1.54, 1.807) is 24.3 Å². The van der Waals surface area contributed by atoms with Crippen molar-refractivity contribution in [1.29, 1.82) is 5.26 Å². The van der Waals surface area contributed by atoms with Crippen LogP contribution in [0.4, 0.5) is 0 Å². The smallest absolute Gasteiger partial charge is 0.316 e. The second-order valence-corrected chi connectivity index (χ2v) is 3.19. The first-order valence-electron chi connectivity index (χ1n) is 3.57. The third-order valence-corrected chi connectivity index (χ3v) is 1.81. The lowest BCUT2D eigenvalue weighted by Gasteiger charge is -1.99. The Morgan fingerprint density at radius 1 is 1.62 bits per heavy atom. The largest absolute Gasteiger partial charge is 0.326 e. The molecular formula is C8H8NO3P. The predicted molar refractivity (Wildman–Crippen MR) is 47.2 cm³/mol. The molecule has 68 valence electrons. The van der Waals surface area contributed by atoms with Gasteiger partial charge in [-0.15, -0.1) is 0 Å². The van der Waals surface area contributed by atoms with Crippen LogP contribution >= 0.6 is 8.25 Å². The molecule has 5 heteroatoms. The van der Waals surface area contributed by atoms with Crippen LogP contribution in [0.15, 0.2) is 24.3 Å². The van der Waals surface area contributed by atoms with Gasteiger partial charge in [-0.05, 0) is 17.7 Å². The van der Waals surface area contributed by atoms with Crippen LogP contribution < -0.4 is 0 Å². The summed E-state index contributed by atoms with van der Waals surface area (Å²) in [7, 11) is -2.88. The van der Waals surface area contributed by atoms with Gasteiger partial charge in [-0.25, -0.2) is 0 Å². The Hall–Kier alpha value is -1.14. The molecular weight excluding hydrogens is 189 g/mol. The molecule has 0 amide bonds. The molecule has 1 rings (SSSR count). The van der Waals surface area contributed by atoms with Gasteiger partial charge in [0.15, 0.2) is 0 Å². The van der Waals surface area contributed by atoms with Crippen molar-refractivity contribution in [2.75, 3.05) is 0 Å². The van der Waals surface area contributed by atoms with Crippen LogP contribution in [0.5, 0.6) is 0 Å². The minimum Gasteiger partial charge on any atom is -0.326 e. The number of nitrogens with zero attached hydrogens (tertiary/aromatic N) is 1. The fourth-order valence-corrected chi connectivity index (χ4v) is 1.17. The Labute approximate surface area is 76.3 Å². The Bertz CT molecular complexity index is 359. The van der Waals surface area contributed by atoms with E-state index in [0.717, 1.165) is 0 Å². The van der Waals surface area contributed by atoms with Gasteiger partial charge >= 0.3 is 8.25 Å². The van der Waals surface area contributed by atoms with Gasteiger partial charge in [-0.1, -0.05) is 12.1 Å². The highest BCUT2D eigenvalue weighted by Gasteiger charge is 1.97. The molecule has 0 spiro atoms. The monoisotopic (exact) mass is 197 g/mol. The van der Waals surface area contributed by atoms with Gasteiger partial charge in [0.25, 0.3) is 0 Å². The summed E-state index contributed by atoms with van der Waals surface area (Å²) in [6.07, 6.45) is 0. The summed E-state index contributed by atoms with van der Waals surface area (Å²) >= 11 is 0. The van der Waals surface area contributed by atoms with Gasteiger partial charge in [-0.2, -0.15) is 5.26 Å². The summed E-state index contributed by atoms with van der Waals surface area (Å²) in [6.45, 7) is 0.0593. The molecule has 0 radical (unpaired) electrons. The molecule has 1 aromatic carbocycles. The Kier molecular flexibility index (Phi) is 3.66. The molecule has 0 aliphatic carbocycles. The van der Waals surface area contributed by atoms with Gasteiger partial charge in [-0.3, -0.25) is 4.57 Å². The van der Waals surface area contributed by atoms with E-state index in [2.05, 4.69) is 4.52 Å². The molecule has 0 bridgehead atoms. The molecule has 4 nitrogen and oxygen atoms in total. The topological polar surface area (TPSA) is 70.3 Å². The first-order chi connectivity index (χ1) is 6.22. The lowest BCUT2D eigenvalue weighted by Crippen LogP contribution is -1.86. The van der Waals surface area contributed by atoms with Crippen molar-refractivity contribution < 1.29 is 14.0 Å². The maximum Gasteiger partial charge on any atom is 0.316 e. The zero-order valence-electron chi connectivity index (χ0n) is 6.73. The number of nitriles is 1. The molecule has 1 aromatic rings. The number of rotatable bonds is 3. The lowest BCUT2D eigenvalue weighted by molar-refractivity contribution is 0.272. The van der Waals surface area contributed by atoms with Crippen molar-refractivity contribution in [2.24, 2.45) is 0 Å². The number of hydrogen-bond donors (Lipinski definition) is 1. The van der Waals surface area contributed by atoms with E-state index < -0.39 is 8.25 Å². The third-order valence-electron chi connectivity index (χ3n) is 1.42. The van der Waals surface area contributed by atoms with Crippen LogP contribution in [0, 0.1) is 11.3 Å². The van der Waals surface area contributed by atoms with Crippen molar-refractivity contribution in [1.82, 2.24) is 0 Å². The highest BCUT2D eigenvalue weighted by molar-refractivity contribution is 7.32. The van der Waals surface area contributed by atoms with E-state index in [0.29, 0.717) is 11.1 Å². The fourth-order valence-electron chi connectivity index (χ4n) is 0.876. The minimum atomic E-state index is -2.88. The highest BCUT2D eigenvalue weighted by atomic mass is 31.1. The van der Waals surface area contributed by atoms with Crippen molar-refractivity contribution >= 4 is 8.25 Å². The molecule has 1 N–H and O–H groups in total. The highest BCUT2D eigenvalue weighted by Crippen LogP contribution is 2.18. The molecule has 1 atom stereocenters. The van der Waals surface area contributed by atoms with Gasteiger partial charge < -0.3 is 9.42 Å². The zero-order chi connectivity index (χ0) is 9.68. The van der Waals surface area contributed by atoms with Crippen LogP contribution in [0.1, 0.15) is 11.1 Å². The van der Waals surface area contributed by atoms with Crippen molar-refractivity contribution in [3.8, 4) is 6.07 Å². The molecule has 0 saturated heterocycles. The average Bonchev–Trinajstić information content (AvgIpc) is 2.15. The van der Waals surface area contributed by atoms with Gasteiger partial charge in [0.2, 0.25) is 0 Å². The third kappa shape index (κ3) is 3.39. The summed E-state index contributed by atoms with van der Waals surface area (Å²) in [5, 5.41) is 8.54. The standard InChI is InChI=1S/C8H8NO3P/c9-5-7-2-1-3-8(4-7)6-12-13(10)11/h1-4,13H,6H2,(H,10,11). The van der Waals surface area contributed by atoms with E-state index in [-0.39, 0.29) is 6.61 Å². The minimum absolute atomic E-state index is 0.0593. The van der Waals surface area contributed by atoms with Crippen molar-refractivity contribution in [3.63, 3.8) is 0 Å². The summed E-state index contributed by atoms with van der Waals surface area (Å²) in [4.78, 5) is 8.40. The van der Waals surface area contributed by atoms with E-state index in [4.69, 9.17) is 10.2 Å². The van der Waals surface area contributed by atoms with Gasteiger partial charge in [0.1, 0.15) is 0 Å². The molecule has 13 heavy (non-hydrogen) atoms. The Morgan fingerprint density at radius 3 is 3.00 bits per heavy atom. The molecule has 1 unspecified atom stereocenters. The van der Waals surface area contributed by atoms with Crippen molar-refractivity contribution in [2.45, 2.75) is 6.61 Å². The van der Waals surface area contributed by atoms with Crippen LogP contribution in [0.2, 0.25) is 0 Å². The first-order valence-corrected chi connectivity index (χ1v) is 4.83. The quantitative estimate of drug-likeness (QED) is 0.744. The number of hydrogen-bond acceptors (Lipinski definition) is 3. The molecule has 0 heterocycles. The summed E-state index contributed by atoms with van der Waals surface area (Å²) in [6, 6.07) is 8.67. The second-order valence-electron chi connectivity index (χ2n) is 2.37. The van der Waals surface area contributed by atoms with Crippen LogP contribution in [-0.2, 0) is 15.7 Å². The van der Waals surface area contributed by atoms with Gasteiger partial charge in [0.05, 0.1) is 18.2 Å². The Morgan fingerprint density at radius 2 is 2.38 bits per heavy atom. The molecule has 0 aliphatic heterocycles. The van der Waals surface area contributed by atoms with E-state index in [9.17, 15) is 4.57 Å². The van der Waals surface area contributed by atoms with E-state index >= 15 is 0 Å². The summed E-state index contributed by atoms with van der Waals surface area (Å²) < 4.78 is 14.7.